The Kier molecular flexibility index (Phi) is 2.77. The Hall–Kier alpha value is -0.570. The second-order valence-corrected chi connectivity index (χ2v) is 4.84. The molecule has 0 saturated heterocycles. The summed E-state index contributed by atoms with van der Waals surface area (Å²) in [6.45, 7) is 2.09. The predicted molar refractivity (Wildman–Crippen MR) is 64.1 cm³/mol. The van der Waals surface area contributed by atoms with Gasteiger partial charge in [-0.05, 0) is 24.6 Å². The van der Waals surface area contributed by atoms with Crippen LogP contribution in [-0.2, 0) is 0 Å². The summed E-state index contributed by atoms with van der Waals surface area (Å²) in [6, 6.07) is 8.22. The lowest BCUT2D eigenvalue weighted by Gasteiger charge is -2.03. The molecule has 0 aliphatic carbocycles. The van der Waals surface area contributed by atoms with Crippen molar-refractivity contribution in [1.82, 2.24) is 0 Å². The van der Waals surface area contributed by atoms with Gasteiger partial charge < -0.3 is 5.73 Å². The molecule has 0 amide bonds. The molecule has 14 heavy (non-hydrogen) atoms. The summed E-state index contributed by atoms with van der Waals surface area (Å²) in [5, 5.41) is 1.94. The minimum Gasteiger partial charge on any atom is -0.323 e. The van der Waals surface area contributed by atoms with Gasteiger partial charge in [-0.25, -0.2) is 0 Å². The van der Waals surface area contributed by atoms with Crippen LogP contribution >= 0.6 is 22.9 Å². The SMILES string of the molecule is CC[C@@H](N)c1cc2c(Cl)cccc2s1. The van der Waals surface area contributed by atoms with Crippen LogP contribution in [0.5, 0.6) is 0 Å². The molecule has 1 heterocycles. The molecule has 1 aromatic heterocycles. The lowest BCUT2D eigenvalue weighted by atomic mass is 10.2. The summed E-state index contributed by atoms with van der Waals surface area (Å²) < 4.78 is 1.22. The number of fused-ring (bicyclic) bond motifs is 1. The van der Waals surface area contributed by atoms with Gasteiger partial charge in [0.15, 0.2) is 0 Å². The van der Waals surface area contributed by atoms with Gasteiger partial charge in [0.1, 0.15) is 0 Å². The Labute approximate surface area is 92.5 Å². The molecule has 74 valence electrons. The minimum atomic E-state index is 0.142. The number of thiophene rings is 1. The third-order valence-electron chi connectivity index (χ3n) is 2.33. The van der Waals surface area contributed by atoms with Gasteiger partial charge in [-0.1, -0.05) is 24.6 Å². The van der Waals surface area contributed by atoms with E-state index in [2.05, 4.69) is 19.1 Å². The fourth-order valence-electron chi connectivity index (χ4n) is 1.43. The van der Waals surface area contributed by atoms with Gasteiger partial charge >= 0.3 is 0 Å². The second kappa shape index (κ2) is 3.89. The fraction of sp³-hybridized carbons (Fsp3) is 0.273. The molecular weight excluding hydrogens is 214 g/mol. The molecule has 0 aliphatic heterocycles. The maximum absolute atomic E-state index is 6.08. The van der Waals surface area contributed by atoms with Crippen LogP contribution in [0.2, 0.25) is 5.02 Å². The van der Waals surface area contributed by atoms with E-state index in [9.17, 15) is 0 Å². The molecule has 0 spiro atoms. The highest BCUT2D eigenvalue weighted by atomic mass is 35.5. The number of nitrogens with two attached hydrogens (primary N) is 1. The van der Waals surface area contributed by atoms with E-state index in [0.717, 1.165) is 16.8 Å². The smallest absolute Gasteiger partial charge is 0.0492 e. The van der Waals surface area contributed by atoms with Crippen LogP contribution < -0.4 is 5.73 Å². The molecular formula is C11H12ClNS. The monoisotopic (exact) mass is 225 g/mol. The lowest BCUT2D eigenvalue weighted by molar-refractivity contribution is 0.712. The van der Waals surface area contributed by atoms with Crippen molar-refractivity contribution < 1.29 is 0 Å². The second-order valence-electron chi connectivity index (χ2n) is 3.32. The molecule has 0 fully saturated rings. The molecule has 3 heteroatoms. The number of rotatable bonds is 2. The Balaban J connectivity index is 2.56. The number of benzene rings is 1. The normalized spacial score (nSPS) is 13.4. The quantitative estimate of drug-likeness (QED) is 0.823. The molecule has 0 aliphatic rings. The maximum atomic E-state index is 6.08. The molecule has 1 nitrogen and oxygen atoms in total. The molecule has 2 aromatic rings. The average molecular weight is 226 g/mol. The zero-order valence-electron chi connectivity index (χ0n) is 7.96. The topological polar surface area (TPSA) is 26.0 Å². The van der Waals surface area contributed by atoms with Crippen LogP contribution in [-0.4, -0.2) is 0 Å². The molecule has 0 unspecified atom stereocenters. The third kappa shape index (κ3) is 1.65. The molecule has 0 bridgehead atoms. The summed E-state index contributed by atoms with van der Waals surface area (Å²) in [5.41, 5.74) is 5.98. The first kappa shape index (κ1) is 9.97. The molecule has 2 rings (SSSR count). The van der Waals surface area contributed by atoms with Gasteiger partial charge in [-0.3, -0.25) is 0 Å². The van der Waals surface area contributed by atoms with Crippen molar-refractivity contribution >= 4 is 33.0 Å². The largest absolute Gasteiger partial charge is 0.323 e. The Morgan fingerprint density at radius 2 is 2.29 bits per heavy atom. The fourth-order valence-corrected chi connectivity index (χ4v) is 2.89. The highest BCUT2D eigenvalue weighted by molar-refractivity contribution is 7.19. The van der Waals surface area contributed by atoms with Crippen molar-refractivity contribution in [3.63, 3.8) is 0 Å². The first-order chi connectivity index (χ1) is 6.72. The lowest BCUT2D eigenvalue weighted by Crippen LogP contribution is -2.05. The van der Waals surface area contributed by atoms with Crippen molar-refractivity contribution in [2.75, 3.05) is 0 Å². The number of hydrogen-bond acceptors (Lipinski definition) is 2. The summed E-state index contributed by atoms with van der Waals surface area (Å²) in [6.07, 6.45) is 0.963. The molecule has 2 N–H and O–H groups in total. The minimum absolute atomic E-state index is 0.142. The molecule has 1 aromatic carbocycles. The number of halogens is 1. The van der Waals surface area contributed by atoms with Crippen molar-refractivity contribution in [1.29, 1.82) is 0 Å². The van der Waals surface area contributed by atoms with Gasteiger partial charge in [-0.2, -0.15) is 0 Å². The van der Waals surface area contributed by atoms with Crippen molar-refractivity contribution in [3.8, 4) is 0 Å². The Morgan fingerprint density at radius 3 is 2.93 bits per heavy atom. The van der Waals surface area contributed by atoms with E-state index in [0.29, 0.717) is 0 Å². The zero-order valence-corrected chi connectivity index (χ0v) is 9.53. The standard InChI is InChI=1S/C11H12ClNS/c1-2-9(13)11-6-7-8(12)4-3-5-10(7)14-11/h3-6,9H,2,13H2,1H3/t9-/m1/s1. The zero-order chi connectivity index (χ0) is 10.1. The highest BCUT2D eigenvalue weighted by Gasteiger charge is 2.09. The summed E-state index contributed by atoms with van der Waals surface area (Å²) >= 11 is 7.82. The van der Waals surface area contributed by atoms with Crippen molar-refractivity contribution in [2.45, 2.75) is 19.4 Å². The number of hydrogen-bond donors (Lipinski definition) is 1. The maximum Gasteiger partial charge on any atom is 0.0492 e. The summed E-state index contributed by atoms with van der Waals surface area (Å²) in [4.78, 5) is 1.22. The Bertz CT molecular complexity index is 449. The van der Waals surface area contributed by atoms with E-state index in [-0.39, 0.29) is 6.04 Å². The first-order valence-electron chi connectivity index (χ1n) is 4.66. The predicted octanol–water partition coefficient (Wildman–Crippen LogP) is 3.96. The van der Waals surface area contributed by atoms with E-state index >= 15 is 0 Å². The van der Waals surface area contributed by atoms with Crippen LogP contribution in [0.25, 0.3) is 10.1 Å². The van der Waals surface area contributed by atoms with Crippen molar-refractivity contribution in [2.24, 2.45) is 5.73 Å². The van der Waals surface area contributed by atoms with Crippen LogP contribution in [0.4, 0.5) is 0 Å². The van der Waals surface area contributed by atoms with E-state index < -0.39 is 0 Å². The van der Waals surface area contributed by atoms with E-state index in [1.807, 2.05) is 12.1 Å². The van der Waals surface area contributed by atoms with E-state index in [1.165, 1.54) is 9.58 Å². The van der Waals surface area contributed by atoms with Crippen LogP contribution in [0, 0.1) is 0 Å². The van der Waals surface area contributed by atoms with E-state index in [4.69, 9.17) is 17.3 Å². The highest BCUT2D eigenvalue weighted by Crippen LogP contribution is 2.33. The average Bonchev–Trinajstić information content (AvgIpc) is 2.62. The summed E-state index contributed by atoms with van der Waals surface area (Å²) in [7, 11) is 0. The third-order valence-corrected chi connectivity index (χ3v) is 3.89. The van der Waals surface area contributed by atoms with Gasteiger partial charge in [0.2, 0.25) is 0 Å². The van der Waals surface area contributed by atoms with Crippen LogP contribution in [0.3, 0.4) is 0 Å². The van der Waals surface area contributed by atoms with Crippen LogP contribution in [0.1, 0.15) is 24.3 Å². The molecule has 0 radical (unpaired) electrons. The summed E-state index contributed by atoms with van der Waals surface area (Å²) in [5.74, 6) is 0. The van der Waals surface area contributed by atoms with Gasteiger partial charge in [0.05, 0.1) is 0 Å². The van der Waals surface area contributed by atoms with Crippen molar-refractivity contribution in [3.05, 3.63) is 34.2 Å². The van der Waals surface area contributed by atoms with Crippen LogP contribution in [0.15, 0.2) is 24.3 Å². The molecule has 0 saturated carbocycles. The molecule has 1 atom stereocenters. The van der Waals surface area contributed by atoms with E-state index in [1.54, 1.807) is 11.3 Å². The van der Waals surface area contributed by atoms with Gasteiger partial charge in [0.25, 0.3) is 0 Å². The Morgan fingerprint density at radius 1 is 1.50 bits per heavy atom. The first-order valence-corrected chi connectivity index (χ1v) is 5.85. The van der Waals surface area contributed by atoms with Gasteiger partial charge in [-0.15, -0.1) is 11.3 Å². The van der Waals surface area contributed by atoms with Gasteiger partial charge in [0, 0.05) is 26.0 Å².